The van der Waals surface area contributed by atoms with Crippen molar-refractivity contribution in [2.24, 2.45) is 7.05 Å². The fraction of sp³-hybridized carbons (Fsp3) is 0.286. The summed E-state index contributed by atoms with van der Waals surface area (Å²) in [5.41, 5.74) is 0.753. The molecule has 1 amide bonds. The fourth-order valence-electron chi connectivity index (χ4n) is 2.57. The van der Waals surface area contributed by atoms with Crippen LogP contribution in [0.2, 0.25) is 5.02 Å². The minimum atomic E-state index is -0.571. The van der Waals surface area contributed by atoms with Crippen LogP contribution in [-0.2, 0) is 11.8 Å². The van der Waals surface area contributed by atoms with E-state index in [0.29, 0.717) is 18.0 Å². The van der Waals surface area contributed by atoms with Gasteiger partial charge < -0.3 is 20.3 Å². The molecule has 1 fully saturated rings. The molecule has 3 rings (SSSR count). The lowest BCUT2D eigenvalue weighted by Crippen LogP contribution is -2.34. The second-order valence-electron chi connectivity index (χ2n) is 5.24. The Bertz CT molecular complexity index is 758. The van der Waals surface area contributed by atoms with Crippen LogP contribution in [0.1, 0.15) is 6.42 Å². The van der Waals surface area contributed by atoms with Crippen molar-refractivity contribution in [3.63, 3.8) is 0 Å². The Kier molecular flexibility index (Phi) is 3.91. The summed E-state index contributed by atoms with van der Waals surface area (Å²) in [4.78, 5) is 28.3. The molecule has 0 unspecified atom stereocenters. The number of halogens is 1. The van der Waals surface area contributed by atoms with Crippen molar-refractivity contribution in [1.82, 2.24) is 9.55 Å². The molecule has 1 aromatic heterocycles. The number of hydrogen-bond donors (Lipinski definition) is 1. The summed E-state index contributed by atoms with van der Waals surface area (Å²) in [6.07, 6.45) is 1.89. The fourth-order valence-corrected chi connectivity index (χ4v) is 2.70. The third kappa shape index (κ3) is 2.85. The zero-order chi connectivity index (χ0) is 16.6. The molecule has 1 aromatic carbocycles. The molecule has 0 aliphatic carbocycles. The van der Waals surface area contributed by atoms with Crippen LogP contribution < -0.4 is 10.2 Å². The Hall–Kier alpha value is -2.61. The molecule has 1 aliphatic heterocycles. The standard InChI is InChI=1S/C14H14ClN5O3/c1-18-8-16-12(20(22)23)13(18)17-11-6-7-19(14(11)21)10-4-2-9(15)3-5-10/h2-5,8,11,17H,6-7H2,1H3/t11-/m0/s1. The summed E-state index contributed by atoms with van der Waals surface area (Å²) in [5, 5.41) is 14.5. The Balaban J connectivity index is 1.79. The zero-order valence-corrected chi connectivity index (χ0v) is 13.0. The predicted molar refractivity (Wildman–Crippen MR) is 85.7 cm³/mol. The lowest BCUT2D eigenvalue weighted by atomic mass is 10.2. The molecule has 120 valence electrons. The van der Waals surface area contributed by atoms with E-state index in [2.05, 4.69) is 10.3 Å². The van der Waals surface area contributed by atoms with Crippen molar-refractivity contribution in [1.29, 1.82) is 0 Å². The van der Waals surface area contributed by atoms with Gasteiger partial charge in [0.2, 0.25) is 18.1 Å². The van der Waals surface area contributed by atoms with Gasteiger partial charge in [-0.05, 0) is 40.6 Å². The quantitative estimate of drug-likeness (QED) is 0.683. The molecule has 1 aliphatic rings. The summed E-state index contributed by atoms with van der Waals surface area (Å²) in [6.45, 7) is 0.532. The van der Waals surface area contributed by atoms with E-state index in [1.54, 1.807) is 36.2 Å². The second-order valence-corrected chi connectivity index (χ2v) is 5.67. The number of nitrogens with one attached hydrogen (secondary N) is 1. The molecular formula is C14H14ClN5O3. The molecule has 2 aromatic rings. The van der Waals surface area contributed by atoms with Crippen LogP contribution in [0, 0.1) is 10.1 Å². The molecule has 23 heavy (non-hydrogen) atoms. The maximum atomic E-state index is 12.5. The molecule has 1 atom stereocenters. The van der Waals surface area contributed by atoms with Crippen LogP contribution in [0.5, 0.6) is 0 Å². The number of hydrogen-bond acceptors (Lipinski definition) is 5. The molecule has 1 N–H and O–H groups in total. The Labute approximate surface area is 136 Å². The van der Waals surface area contributed by atoms with E-state index in [1.807, 2.05) is 0 Å². The molecule has 9 heteroatoms. The van der Waals surface area contributed by atoms with E-state index in [-0.39, 0.29) is 17.5 Å². The maximum Gasteiger partial charge on any atom is 0.406 e. The highest BCUT2D eigenvalue weighted by Gasteiger charge is 2.35. The predicted octanol–water partition coefficient (Wildman–Crippen LogP) is 2.20. The molecule has 8 nitrogen and oxygen atoms in total. The number of carbonyl (C=O) groups excluding carboxylic acids is 1. The number of aromatic nitrogens is 2. The topological polar surface area (TPSA) is 93.3 Å². The van der Waals surface area contributed by atoms with Gasteiger partial charge in [-0.15, -0.1) is 0 Å². The van der Waals surface area contributed by atoms with E-state index in [4.69, 9.17) is 11.6 Å². The van der Waals surface area contributed by atoms with Crippen LogP contribution in [-0.4, -0.2) is 33.0 Å². The normalized spacial score (nSPS) is 17.6. The number of benzene rings is 1. The number of anilines is 2. The van der Waals surface area contributed by atoms with Crippen LogP contribution in [0.4, 0.5) is 17.3 Å². The monoisotopic (exact) mass is 335 g/mol. The van der Waals surface area contributed by atoms with E-state index in [0.717, 1.165) is 5.69 Å². The minimum Gasteiger partial charge on any atom is -0.358 e. The van der Waals surface area contributed by atoms with E-state index < -0.39 is 11.0 Å². The van der Waals surface area contributed by atoms with Crippen molar-refractivity contribution in [2.45, 2.75) is 12.5 Å². The highest BCUT2D eigenvalue weighted by molar-refractivity contribution is 6.30. The summed E-state index contributed by atoms with van der Waals surface area (Å²) >= 11 is 5.85. The molecule has 2 heterocycles. The number of carbonyl (C=O) groups is 1. The van der Waals surface area contributed by atoms with Crippen LogP contribution in [0.25, 0.3) is 0 Å². The number of aryl methyl sites for hydroxylation is 1. The maximum absolute atomic E-state index is 12.5. The number of nitrogens with zero attached hydrogens (tertiary/aromatic N) is 4. The number of rotatable bonds is 4. The van der Waals surface area contributed by atoms with Gasteiger partial charge in [0.15, 0.2) is 0 Å². The average Bonchev–Trinajstić information content (AvgIpc) is 3.05. The Morgan fingerprint density at radius 2 is 2.09 bits per heavy atom. The number of nitro groups is 1. The lowest BCUT2D eigenvalue weighted by Gasteiger charge is -2.17. The van der Waals surface area contributed by atoms with Crippen molar-refractivity contribution >= 4 is 34.8 Å². The van der Waals surface area contributed by atoms with E-state index in [1.165, 1.54) is 10.9 Å². The first-order valence-corrected chi connectivity index (χ1v) is 7.34. The summed E-state index contributed by atoms with van der Waals surface area (Å²) in [5.74, 6) is -0.195. The van der Waals surface area contributed by atoms with Crippen LogP contribution >= 0.6 is 11.6 Å². The van der Waals surface area contributed by atoms with Gasteiger partial charge in [0.05, 0.1) is 0 Å². The van der Waals surface area contributed by atoms with E-state index >= 15 is 0 Å². The van der Waals surface area contributed by atoms with Gasteiger partial charge in [-0.25, -0.2) is 0 Å². The van der Waals surface area contributed by atoms with Gasteiger partial charge in [-0.3, -0.25) is 9.36 Å². The zero-order valence-electron chi connectivity index (χ0n) is 12.3. The first-order chi connectivity index (χ1) is 11.0. The van der Waals surface area contributed by atoms with Gasteiger partial charge in [0.25, 0.3) is 0 Å². The van der Waals surface area contributed by atoms with Gasteiger partial charge in [0.1, 0.15) is 6.04 Å². The van der Waals surface area contributed by atoms with Gasteiger partial charge >= 0.3 is 5.82 Å². The van der Waals surface area contributed by atoms with Crippen LogP contribution in [0.3, 0.4) is 0 Å². The van der Waals surface area contributed by atoms with Crippen LogP contribution in [0.15, 0.2) is 30.6 Å². The van der Waals surface area contributed by atoms with Crippen molar-refractivity contribution in [3.8, 4) is 0 Å². The van der Waals surface area contributed by atoms with Gasteiger partial charge in [0, 0.05) is 24.3 Å². The number of imidazole rings is 1. The molecule has 0 spiro atoms. The molecule has 0 saturated carbocycles. The largest absolute Gasteiger partial charge is 0.406 e. The SMILES string of the molecule is Cn1cnc([N+](=O)[O-])c1N[C@H]1CCN(c2ccc(Cl)cc2)C1=O. The van der Waals surface area contributed by atoms with Crippen molar-refractivity contribution in [2.75, 3.05) is 16.8 Å². The second kappa shape index (κ2) is 5.88. The van der Waals surface area contributed by atoms with Gasteiger partial charge in [-0.1, -0.05) is 11.6 Å². The van der Waals surface area contributed by atoms with E-state index in [9.17, 15) is 14.9 Å². The number of amides is 1. The average molecular weight is 336 g/mol. The highest BCUT2D eigenvalue weighted by atomic mass is 35.5. The molecular weight excluding hydrogens is 322 g/mol. The lowest BCUT2D eigenvalue weighted by molar-refractivity contribution is -0.388. The van der Waals surface area contributed by atoms with Crippen molar-refractivity contribution < 1.29 is 9.72 Å². The molecule has 0 bridgehead atoms. The first-order valence-electron chi connectivity index (χ1n) is 6.96. The molecule has 0 radical (unpaired) electrons. The third-order valence-corrected chi connectivity index (χ3v) is 4.00. The highest BCUT2D eigenvalue weighted by Crippen LogP contribution is 2.27. The summed E-state index contributed by atoms with van der Waals surface area (Å²) in [6, 6.07) is 6.46. The molecule has 1 saturated heterocycles. The summed E-state index contributed by atoms with van der Waals surface area (Å²) in [7, 11) is 1.64. The van der Waals surface area contributed by atoms with Crippen molar-refractivity contribution in [3.05, 3.63) is 45.7 Å². The first kappa shape index (κ1) is 15.3. The Morgan fingerprint density at radius 1 is 1.39 bits per heavy atom. The Morgan fingerprint density at radius 3 is 2.74 bits per heavy atom. The van der Waals surface area contributed by atoms with Gasteiger partial charge in [-0.2, -0.15) is 0 Å². The third-order valence-electron chi connectivity index (χ3n) is 3.75. The summed E-state index contributed by atoms with van der Waals surface area (Å²) < 4.78 is 1.50. The minimum absolute atomic E-state index is 0.136. The smallest absolute Gasteiger partial charge is 0.358 e.